The maximum Gasteiger partial charge on any atom is 0.145 e. The summed E-state index contributed by atoms with van der Waals surface area (Å²) in [4.78, 5) is 5.85. The Morgan fingerprint density at radius 3 is 3.19 bits per heavy atom. The zero-order valence-corrected chi connectivity index (χ0v) is 9.43. The first-order chi connectivity index (χ1) is 7.68. The Kier molecular flexibility index (Phi) is 3.51. The van der Waals surface area contributed by atoms with Crippen molar-refractivity contribution in [3.8, 4) is 0 Å². The molecule has 1 aliphatic heterocycles. The molecule has 0 aromatic carbocycles. The Hall–Kier alpha value is -1.00. The molecular weight excluding hydrogens is 207 g/mol. The van der Waals surface area contributed by atoms with Gasteiger partial charge >= 0.3 is 0 Å². The van der Waals surface area contributed by atoms with Crippen molar-refractivity contribution in [3.63, 3.8) is 0 Å². The summed E-state index contributed by atoms with van der Waals surface area (Å²) in [6, 6.07) is 1.80. The van der Waals surface area contributed by atoms with Gasteiger partial charge in [0.25, 0.3) is 0 Å². The average Bonchev–Trinajstić information content (AvgIpc) is 2.28. The Labute approximate surface area is 94.9 Å². The molecular formula is C12H17FN2O. The van der Waals surface area contributed by atoms with Crippen LogP contribution in [0.2, 0.25) is 0 Å². The highest BCUT2D eigenvalue weighted by Gasteiger charge is 2.26. The smallest absolute Gasteiger partial charge is 0.145 e. The molecule has 88 valence electrons. The molecule has 0 aliphatic carbocycles. The van der Waals surface area contributed by atoms with E-state index in [9.17, 15) is 9.50 Å². The second-order valence-corrected chi connectivity index (χ2v) is 4.39. The second kappa shape index (κ2) is 4.89. The normalized spacial score (nSPS) is 26.9. The SMILES string of the molecule is C[C@@H]1[C@@H](O)CCCN1Cc1ccncc1F. The van der Waals surface area contributed by atoms with Crippen molar-refractivity contribution in [1.29, 1.82) is 0 Å². The summed E-state index contributed by atoms with van der Waals surface area (Å²) < 4.78 is 13.4. The number of piperidine rings is 1. The van der Waals surface area contributed by atoms with Crippen molar-refractivity contribution >= 4 is 0 Å². The fourth-order valence-corrected chi connectivity index (χ4v) is 2.17. The number of rotatable bonds is 2. The molecule has 1 aromatic rings. The van der Waals surface area contributed by atoms with E-state index < -0.39 is 0 Å². The van der Waals surface area contributed by atoms with Gasteiger partial charge in [-0.05, 0) is 32.4 Å². The minimum atomic E-state index is -0.293. The van der Waals surface area contributed by atoms with E-state index in [1.54, 1.807) is 12.3 Å². The quantitative estimate of drug-likeness (QED) is 0.828. The van der Waals surface area contributed by atoms with Gasteiger partial charge < -0.3 is 5.11 Å². The van der Waals surface area contributed by atoms with Gasteiger partial charge in [0, 0.05) is 24.3 Å². The van der Waals surface area contributed by atoms with Gasteiger partial charge in [0.15, 0.2) is 0 Å². The Morgan fingerprint density at radius 1 is 1.62 bits per heavy atom. The second-order valence-electron chi connectivity index (χ2n) is 4.39. The number of aliphatic hydroxyl groups is 1. The molecule has 1 aromatic heterocycles. The number of hydrogen-bond donors (Lipinski definition) is 1. The number of halogens is 1. The highest BCUT2D eigenvalue weighted by Crippen LogP contribution is 2.20. The Morgan fingerprint density at radius 2 is 2.44 bits per heavy atom. The summed E-state index contributed by atoms with van der Waals surface area (Å²) in [5.74, 6) is -0.269. The molecule has 16 heavy (non-hydrogen) atoms. The van der Waals surface area contributed by atoms with Gasteiger partial charge in [-0.15, -0.1) is 0 Å². The summed E-state index contributed by atoms with van der Waals surface area (Å²) in [5.41, 5.74) is 0.649. The van der Waals surface area contributed by atoms with Crippen LogP contribution < -0.4 is 0 Å². The Bertz CT molecular complexity index is 359. The van der Waals surface area contributed by atoms with Crippen LogP contribution in [0, 0.1) is 5.82 Å². The fraction of sp³-hybridized carbons (Fsp3) is 0.583. The van der Waals surface area contributed by atoms with Crippen molar-refractivity contribution in [1.82, 2.24) is 9.88 Å². The van der Waals surface area contributed by atoms with Crippen LogP contribution in [-0.4, -0.2) is 33.7 Å². The van der Waals surface area contributed by atoms with E-state index in [2.05, 4.69) is 9.88 Å². The van der Waals surface area contributed by atoms with E-state index in [4.69, 9.17) is 0 Å². The number of nitrogens with zero attached hydrogens (tertiary/aromatic N) is 2. The van der Waals surface area contributed by atoms with Gasteiger partial charge in [0.05, 0.1) is 12.3 Å². The molecule has 1 fully saturated rings. The van der Waals surface area contributed by atoms with Crippen molar-refractivity contribution < 1.29 is 9.50 Å². The number of pyridine rings is 1. The maximum absolute atomic E-state index is 13.4. The standard InChI is InChI=1S/C12H17FN2O/c1-9-12(16)3-2-6-15(9)8-10-4-5-14-7-11(10)13/h4-5,7,9,12,16H,2-3,6,8H2,1H3/t9-,12+/m1/s1. The highest BCUT2D eigenvalue weighted by molar-refractivity contribution is 5.12. The summed E-state index contributed by atoms with van der Waals surface area (Å²) in [5, 5.41) is 9.75. The molecule has 0 unspecified atom stereocenters. The number of hydrogen-bond acceptors (Lipinski definition) is 3. The van der Waals surface area contributed by atoms with E-state index in [0.717, 1.165) is 19.4 Å². The lowest BCUT2D eigenvalue weighted by atomic mass is 10.00. The minimum absolute atomic E-state index is 0.0984. The van der Waals surface area contributed by atoms with E-state index in [1.165, 1.54) is 6.20 Å². The van der Waals surface area contributed by atoms with Crippen LogP contribution in [0.25, 0.3) is 0 Å². The van der Waals surface area contributed by atoms with Crippen molar-refractivity contribution in [2.45, 2.75) is 38.5 Å². The first kappa shape index (κ1) is 11.5. The van der Waals surface area contributed by atoms with Crippen LogP contribution in [0.3, 0.4) is 0 Å². The lowest BCUT2D eigenvalue weighted by Gasteiger charge is -2.36. The van der Waals surface area contributed by atoms with Crippen LogP contribution >= 0.6 is 0 Å². The van der Waals surface area contributed by atoms with Crippen molar-refractivity contribution in [3.05, 3.63) is 29.8 Å². The predicted octanol–water partition coefficient (Wildman–Crippen LogP) is 1.57. The van der Waals surface area contributed by atoms with Crippen LogP contribution in [0.15, 0.2) is 18.5 Å². The molecule has 1 saturated heterocycles. The third kappa shape index (κ3) is 2.39. The first-order valence-electron chi connectivity index (χ1n) is 5.69. The van der Waals surface area contributed by atoms with E-state index in [0.29, 0.717) is 12.1 Å². The molecule has 4 heteroatoms. The van der Waals surface area contributed by atoms with Crippen molar-refractivity contribution in [2.24, 2.45) is 0 Å². The van der Waals surface area contributed by atoms with Gasteiger partial charge in [0.2, 0.25) is 0 Å². The molecule has 1 aliphatic rings. The molecule has 0 amide bonds. The summed E-state index contributed by atoms with van der Waals surface area (Å²) in [6.07, 6.45) is 4.36. The molecule has 0 radical (unpaired) electrons. The predicted molar refractivity (Wildman–Crippen MR) is 59.3 cm³/mol. The van der Waals surface area contributed by atoms with Crippen molar-refractivity contribution in [2.75, 3.05) is 6.54 Å². The molecule has 2 heterocycles. The van der Waals surface area contributed by atoms with Gasteiger partial charge in [-0.25, -0.2) is 4.39 Å². The minimum Gasteiger partial charge on any atom is -0.392 e. The van der Waals surface area contributed by atoms with Gasteiger partial charge in [-0.1, -0.05) is 0 Å². The van der Waals surface area contributed by atoms with Gasteiger partial charge in [0.1, 0.15) is 5.82 Å². The Balaban J connectivity index is 2.06. The van der Waals surface area contributed by atoms with Crippen LogP contribution in [0.4, 0.5) is 4.39 Å². The van der Waals surface area contributed by atoms with E-state index >= 15 is 0 Å². The molecule has 2 rings (SSSR count). The van der Waals surface area contributed by atoms with E-state index in [-0.39, 0.29) is 18.0 Å². The lowest BCUT2D eigenvalue weighted by Crippen LogP contribution is -2.45. The number of aliphatic hydroxyl groups excluding tert-OH is 1. The average molecular weight is 224 g/mol. The van der Waals surface area contributed by atoms with Crippen LogP contribution in [-0.2, 0) is 6.54 Å². The van der Waals surface area contributed by atoms with Gasteiger partial charge in [-0.3, -0.25) is 9.88 Å². The van der Waals surface area contributed by atoms with Gasteiger partial charge in [-0.2, -0.15) is 0 Å². The zero-order chi connectivity index (χ0) is 11.5. The third-order valence-corrected chi connectivity index (χ3v) is 3.31. The lowest BCUT2D eigenvalue weighted by molar-refractivity contribution is 0.0152. The number of likely N-dealkylation sites (tertiary alicyclic amines) is 1. The molecule has 2 atom stereocenters. The summed E-state index contributed by atoms with van der Waals surface area (Å²) in [6.45, 7) is 3.45. The molecule has 0 spiro atoms. The zero-order valence-electron chi connectivity index (χ0n) is 9.43. The highest BCUT2D eigenvalue weighted by atomic mass is 19.1. The van der Waals surface area contributed by atoms with Crippen LogP contribution in [0.5, 0.6) is 0 Å². The summed E-state index contributed by atoms with van der Waals surface area (Å²) in [7, 11) is 0. The summed E-state index contributed by atoms with van der Waals surface area (Å²) >= 11 is 0. The largest absolute Gasteiger partial charge is 0.392 e. The molecule has 1 N–H and O–H groups in total. The topological polar surface area (TPSA) is 36.4 Å². The third-order valence-electron chi connectivity index (χ3n) is 3.31. The monoisotopic (exact) mass is 224 g/mol. The fourth-order valence-electron chi connectivity index (χ4n) is 2.17. The number of aromatic nitrogens is 1. The molecule has 0 bridgehead atoms. The molecule has 0 saturated carbocycles. The van der Waals surface area contributed by atoms with E-state index in [1.807, 2.05) is 6.92 Å². The maximum atomic E-state index is 13.4. The van der Waals surface area contributed by atoms with Crippen LogP contribution in [0.1, 0.15) is 25.3 Å². The first-order valence-corrected chi connectivity index (χ1v) is 5.69. The molecule has 3 nitrogen and oxygen atoms in total.